The summed E-state index contributed by atoms with van der Waals surface area (Å²) in [6.45, 7) is 5.63. The summed E-state index contributed by atoms with van der Waals surface area (Å²) in [6, 6.07) is 12.1. The third kappa shape index (κ3) is 11.2. The fourth-order valence-corrected chi connectivity index (χ4v) is 9.71. The van der Waals surface area contributed by atoms with E-state index in [2.05, 4.69) is 5.32 Å². The number of carbonyl (C=O) groups excluding carboxylic acids is 4. The quantitative estimate of drug-likeness (QED) is 0.0512. The van der Waals surface area contributed by atoms with E-state index in [0.29, 0.717) is 39.6 Å². The van der Waals surface area contributed by atoms with Crippen molar-refractivity contribution in [1.82, 2.24) is 15.3 Å². The maximum atomic E-state index is 13.2. The fourth-order valence-electron chi connectivity index (χ4n) is 8.23. The van der Waals surface area contributed by atoms with E-state index in [9.17, 15) is 58.1 Å². The largest absolute Gasteiger partial charge is 0.748 e. The molecule has 6 rings (SSSR count). The lowest BCUT2D eigenvalue weighted by Gasteiger charge is -2.31. The average Bonchev–Trinajstić information content (AvgIpc) is 3.82. The highest BCUT2D eigenvalue weighted by atomic mass is 32.2. The minimum absolute atomic E-state index is 0.0143. The van der Waals surface area contributed by atoms with Crippen molar-refractivity contribution < 1.29 is 67.5 Å². The second-order valence-electron chi connectivity index (χ2n) is 16.7. The number of hydroxylamine groups is 2. The Labute approximate surface area is 394 Å². The van der Waals surface area contributed by atoms with Gasteiger partial charge in [0, 0.05) is 61.5 Å². The maximum absolute atomic E-state index is 13.2. The van der Waals surface area contributed by atoms with Crippen LogP contribution in [0.3, 0.4) is 0 Å². The molecule has 362 valence electrons. The van der Waals surface area contributed by atoms with Crippen LogP contribution in [0.2, 0.25) is 0 Å². The number of carbonyl (C=O) groups is 4. The number of fused-ring (bicyclic) bond motifs is 2. The highest BCUT2D eigenvalue weighted by Gasteiger charge is 2.46. The summed E-state index contributed by atoms with van der Waals surface area (Å²) < 4.78 is 104. The molecule has 1 unspecified atom stereocenters. The van der Waals surface area contributed by atoms with E-state index in [1.54, 1.807) is 77.1 Å². The van der Waals surface area contributed by atoms with Crippen LogP contribution in [-0.2, 0) is 62.2 Å². The normalized spacial score (nSPS) is 18.5. The summed E-state index contributed by atoms with van der Waals surface area (Å²) in [4.78, 5) is 62.5. The number of aryl methyl sites for hydroxylation is 1. The molecule has 0 saturated carbocycles. The van der Waals surface area contributed by atoms with Crippen molar-refractivity contribution in [2.45, 2.75) is 55.9 Å². The van der Waals surface area contributed by atoms with Gasteiger partial charge in [-0.3, -0.25) is 38.0 Å². The van der Waals surface area contributed by atoms with Gasteiger partial charge in [0.05, 0.1) is 56.4 Å². The van der Waals surface area contributed by atoms with Gasteiger partial charge in [0.1, 0.15) is 6.20 Å². The predicted molar refractivity (Wildman–Crippen MR) is 247 cm³/mol. The van der Waals surface area contributed by atoms with Crippen molar-refractivity contribution in [2.75, 3.05) is 50.2 Å². The Morgan fingerprint density at radius 3 is 2.16 bits per heavy atom. The monoisotopic (exact) mass is 994 g/mol. The SMILES string of the molecule is CON(C)C(=O)c1cc2c([n+](CCCS(=O)(=O)[O-])c1)N=C(/C=C/C=C/C=C1/N(CCCS(=O)(=O)O)c3ccc(S(=O)(=O)O)cc3C1(C)c1ccc(C(=O)NCCN3C(=O)C=CC3=O)cc1)C2(C)C. The van der Waals surface area contributed by atoms with E-state index >= 15 is 0 Å². The number of rotatable bonds is 19. The summed E-state index contributed by atoms with van der Waals surface area (Å²) >= 11 is 0. The minimum Gasteiger partial charge on any atom is -0.748 e. The fraction of sp³-hybridized carbons (Fsp3) is 0.333. The number of nitrogens with zero attached hydrogens (tertiary/aromatic N) is 5. The Morgan fingerprint density at radius 1 is 0.868 bits per heavy atom. The molecule has 1 atom stereocenters. The Balaban J connectivity index is 1.35. The standard InChI is InChI=1S/C45H50N6O14S3/c1-44(2)35-27-31(43(55)48(4)65-5)29-49(22-9-25-66(56,57)58)41(35)47-37(44)11-7-6-8-12-38-45(3,32-15-13-30(14-16-32)42(54)46-21-24-51-39(52)19-20-40(51)53)34-28-33(68(62,63)64)17-18-36(34)50(38)23-10-26-67(59,60)61/h6-8,11-20,27-29H,9-10,21-26H2,1-5H3,(H3-,46,54,56,57,58,59,60,61,62,63,64). The highest BCUT2D eigenvalue weighted by molar-refractivity contribution is 7.86. The zero-order chi connectivity index (χ0) is 50.0. The minimum atomic E-state index is -4.71. The first-order valence-electron chi connectivity index (χ1n) is 21.0. The predicted octanol–water partition coefficient (Wildman–Crippen LogP) is 2.91. The molecule has 2 aromatic carbocycles. The van der Waals surface area contributed by atoms with Gasteiger partial charge in [-0.25, -0.2) is 18.0 Å². The van der Waals surface area contributed by atoms with Crippen LogP contribution in [0.25, 0.3) is 0 Å². The van der Waals surface area contributed by atoms with Gasteiger partial charge in [0.2, 0.25) is 0 Å². The smallest absolute Gasteiger partial charge is 0.327 e. The number of anilines is 1. The van der Waals surface area contributed by atoms with Gasteiger partial charge in [0.25, 0.3) is 43.9 Å². The van der Waals surface area contributed by atoms with Crippen LogP contribution in [0, 0.1) is 0 Å². The number of imide groups is 1. The molecule has 0 saturated heterocycles. The third-order valence-electron chi connectivity index (χ3n) is 11.9. The van der Waals surface area contributed by atoms with Crippen molar-refractivity contribution in [2.24, 2.45) is 4.99 Å². The van der Waals surface area contributed by atoms with Crippen molar-refractivity contribution >= 4 is 71.2 Å². The number of aromatic nitrogens is 1. The summed E-state index contributed by atoms with van der Waals surface area (Å²) in [5, 5.41) is 3.72. The number of hydrogen-bond donors (Lipinski definition) is 3. The second kappa shape index (κ2) is 19.8. The number of nitrogens with one attached hydrogen (secondary N) is 1. The summed E-state index contributed by atoms with van der Waals surface area (Å²) in [7, 11) is -10.8. The van der Waals surface area contributed by atoms with Crippen LogP contribution in [0.1, 0.15) is 71.0 Å². The van der Waals surface area contributed by atoms with Crippen molar-refractivity contribution in [3.63, 3.8) is 0 Å². The van der Waals surface area contributed by atoms with E-state index in [1.807, 2.05) is 13.8 Å². The first kappa shape index (κ1) is 51.2. The second-order valence-corrected chi connectivity index (χ2v) is 21.3. The molecule has 20 nitrogen and oxygen atoms in total. The van der Waals surface area contributed by atoms with Crippen LogP contribution < -0.4 is 14.8 Å². The lowest BCUT2D eigenvalue weighted by Crippen LogP contribution is -2.38. The van der Waals surface area contributed by atoms with Crippen LogP contribution >= 0.6 is 0 Å². The zero-order valence-corrected chi connectivity index (χ0v) is 40.1. The van der Waals surface area contributed by atoms with Crippen molar-refractivity contribution in [3.05, 3.63) is 131 Å². The Hall–Kier alpha value is -6.21. The van der Waals surface area contributed by atoms with E-state index in [1.165, 1.54) is 38.6 Å². The van der Waals surface area contributed by atoms with Crippen LogP contribution in [0.5, 0.6) is 0 Å². The Bertz CT molecular complexity index is 3040. The number of allylic oxidation sites excluding steroid dienone is 6. The van der Waals surface area contributed by atoms with E-state index in [0.717, 1.165) is 22.1 Å². The first-order valence-corrected chi connectivity index (χ1v) is 25.6. The summed E-state index contributed by atoms with van der Waals surface area (Å²) in [5.74, 6) is -2.69. The Kier molecular flexibility index (Phi) is 14.9. The Morgan fingerprint density at radius 2 is 1.54 bits per heavy atom. The molecular weight excluding hydrogens is 945 g/mol. The van der Waals surface area contributed by atoms with Crippen molar-refractivity contribution in [1.29, 1.82) is 0 Å². The van der Waals surface area contributed by atoms with Gasteiger partial charge in [-0.05, 0) is 98.3 Å². The van der Waals surface area contributed by atoms with Crippen LogP contribution in [0.4, 0.5) is 11.5 Å². The molecule has 0 radical (unpaired) electrons. The number of benzene rings is 2. The van der Waals surface area contributed by atoms with E-state index in [-0.39, 0.29) is 50.1 Å². The third-order valence-corrected chi connectivity index (χ3v) is 14.3. The molecule has 4 heterocycles. The molecular formula is C45H50N6O14S3. The average molecular weight is 995 g/mol. The van der Waals surface area contributed by atoms with Crippen LogP contribution in [-0.4, -0.2) is 124 Å². The van der Waals surface area contributed by atoms with Gasteiger partial charge in [-0.15, -0.1) is 0 Å². The number of hydrogen-bond acceptors (Lipinski definition) is 14. The van der Waals surface area contributed by atoms with Crippen LogP contribution in [0.15, 0.2) is 113 Å². The number of pyridine rings is 1. The summed E-state index contributed by atoms with van der Waals surface area (Å²) in [6.07, 6.45) is 12.3. The van der Waals surface area contributed by atoms with E-state index < -0.39 is 81.2 Å². The number of amides is 4. The molecule has 4 amide bonds. The lowest BCUT2D eigenvalue weighted by molar-refractivity contribution is -0.684. The molecule has 3 N–H and O–H groups in total. The van der Waals surface area contributed by atoms with Gasteiger partial charge in [-0.1, -0.05) is 30.4 Å². The molecule has 0 spiro atoms. The maximum Gasteiger partial charge on any atom is 0.327 e. The van der Waals surface area contributed by atoms with Gasteiger partial charge >= 0.3 is 5.82 Å². The molecule has 68 heavy (non-hydrogen) atoms. The topological polar surface area (TPSA) is 281 Å². The first-order chi connectivity index (χ1) is 31.8. The molecule has 3 aromatic rings. The molecule has 0 aliphatic carbocycles. The molecule has 0 fully saturated rings. The van der Waals surface area contributed by atoms with Gasteiger partial charge in [-0.2, -0.15) is 16.8 Å². The van der Waals surface area contributed by atoms with Gasteiger partial charge in [0.15, 0.2) is 5.71 Å². The molecule has 0 bridgehead atoms. The molecule has 1 aromatic heterocycles. The molecule has 3 aliphatic heterocycles. The molecule has 3 aliphatic rings. The lowest BCUT2D eigenvalue weighted by atomic mass is 9.75. The van der Waals surface area contributed by atoms with Crippen molar-refractivity contribution in [3.8, 4) is 0 Å². The number of aliphatic imine (C=N–C) groups is 1. The zero-order valence-electron chi connectivity index (χ0n) is 37.6. The van der Waals surface area contributed by atoms with Gasteiger partial charge < -0.3 is 14.8 Å². The highest BCUT2D eigenvalue weighted by Crippen LogP contribution is 2.52. The van der Waals surface area contributed by atoms with E-state index in [4.69, 9.17) is 9.83 Å². The molecule has 23 heteroatoms. The summed E-state index contributed by atoms with van der Waals surface area (Å²) in [5.41, 5.74) is 1.67.